The zero-order valence-electron chi connectivity index (χ0n) is 18.1. The van der Waals surface area contributed by atoms with E-state index in [9.17, 15) is 14.4 Å². The molecule has 9 heteroatoms. The predicted octanol–water partition coefficient (Wildman–Crippen LogP) is 0.935. The van der Waals surface area contributed by atoms with Crippen molar-refractivity contribution in [3.05, 3.63) is 48.0 Å². The van der Waals surface area contributed by atoms with Gasteiger partial charge >= 0.3 is 0 Å². The Hall–Kier alpha value is -2.43. The monoisotopic (exact) mass is 551 g/mol. The third-order valence-electron chi connectivity index (χ3n) is 6.41. The molecule has 32 heavy (non-hydrogen) atoms. The standard InChI is InChI=1S/C23H29N5O3.HI/c1-24-23(27-14-18(29)25-10-9-15-5-3-2-4-6-15)26-11-12-28-21(30)19-16-7-8-17(13-16)20(19)22(28)31;/h2-8,16-17,19-20H,9-14H2,1H3,(H,25,29)(H2,24,26,27);1H. The SMILES string of the molecule is CN=C(NCCN1C(=O)C2C3C=CC(C3)C2C1=O)NCC(=O)NCCc1ccccc1.I. The van der Waals surface area contributed by atoms with E-state index in [-0.39, 0.29) is 71.9 Å². The van der Waals surface area contributed by atoms with Crippen LogP contribution in [-0.2, 0) is 20.8 Å². The fraction of sp³-hybridized carbons (Fsp3) is 0.478. The normalized spacial score (nSPS) is 25.5. The maximum Gasteiger partial charge on any atom is 0.239 e. The van der Waals surface area contributed by atoms with Crippen LogP contribution in [0.4, 0.5) is 0 Å². The van der Waals surface area contributed by atoms with Crippen molar-refractivity contribution in [2.24, 2.45) is 28.7 Å². The van der Waals surface area contributed by atoms with Gasteiger partial charge in [0.05, 0.1) is 18.4 Å². The lowest BCUT2D eigenvalue weighted by Crippen LogP contribution is -2.46. The summed E-state index contributed by atoms with van der Waals surface area (Å²) in [6.45, 7) is 1.34. The van der Waals surface area contributed by atoms with Crippen molar-refractivity contribution in [3.63, 3.8) is 0 Å². The number of imide groups is 1. The molecule has 3 aliphatic rings. The van der Waals surface area contributed by atoms with E-state index < -0.39 is 0 Å². The topological polar surface area (TPSA) is 103 Å². The highest BCUT2D eigenvalue weighted by atomic mass is 127. The van der Waals surface area contributed by atoms with Crippen molar-refractivity contribution in [2.75, 3.05) is 33.2 Å². The van der Waals surface area contributed by atoms with Gasteiger partial charge in [0.1, 0.15) is 0 Å². The smallest absolute Gasteiger partial charge is 0.239 e. The van der Waals surface area contributed by atoms with E-state index in [2.05, 4.69) is 33.1 Å². The van der Waals surface area contributed by atoms with Gasteiger partial charge < -0.3 is 16.0 Å². The number of aliphatic imine (C=N–C) groups is 1. The average molecular weight is 551 g/mol. The van der Waals surface area contributed by atoms with Crippen LogP contribution < -0.4 is 16.0 Å². The number of likely N-dealkylation sites (tertiary alicyclic amines) is 1. The summed E-state index contributed by atoms with van der Waals surface area (Å²) in [6, 6.07) is 9.98. The molecule has 4 atom stereocenters. The Kier molecular flexibility index (Phi) is 8.27. The largest absolute Gasteiger partial charge is 0.355 e. The number of nitrogens with zero attached hydrogens (tertiary/aromatic N) is 2. The quantitative estimate of drug-likeness (QED) is 0.147. The second kappa shape index (κ2) is 10.9. The lowest BCUT2D eigenvalue weighted by atomic mass is 9.85. The van der Waals surface area contributed by atoms with Gasteiger partial charge in [-0.1, -0.05) is 42.5 Å². The highest BCUT2D eigenvalue weighted by Crippen LogP contribution is 2.52. The number of allylic oxidation sites excluding steroid dienone is 2. The summed E-state index contributed by atoms with van der Waals surface area (Å²) in [6.07, 6.45) is 5.89. The van der Waals surface area contributed by atoms with Gasteiger partial charge in [-0.15, -0.1) is 24.0 Å². The summed E-state index contributed by atoms with van der Waals surface area (Å²) in [5.74, 6) is 0.347. The number of guanidine groups is 1. The molecule has 3 N–H and O–H groups in total. The molecule has 0 spiro atoms. The van der Waals surface area contributed by atoms with Gasteiger partial charge in [0, 0.05) is 26.7 Å². The fourth-order valence-corrected chi connectivity index (χ4v) is 4.91. The molecule has 2 bridgehead atoms. The zero-order chi connectivity index (χ0) is 21.8. The summed E-state index contributed by atoms with van der Waals surface area (Å²) >= 11 is 0. The van der Waals surface area contributed by atoms with E-state index in [1.807, 2.05) is 30.3 Å². The number of halogens is 1. The molecular formula is C23H30IN5O3. The van der Waals surface area contributed by atoms with Gasteiger partial charge in [-0.2, -0.15) is 0 Å². The number of rotatable bonds is 8. The highest BCUT2D eigenvalue weighted by molar-refractivity contribution is 14.0. The molecule has 1 aromatic rings. The third kappa shape index (κ3) is 5.13. The molecule has 172 valence electrons. The Morgan fingerprint density at radius 1 is 1.00 bits per heavy atom. The number of carbonyl (C=O) groups excluding carboxylic acids is 3. The first kappa shape index (κ1) is 24.2. The molecule has 1 heterocycles. The van der Waals surface area contributed by atoms with Crippen LogP contribution in [-0.4, -0.2) is 61.8 Å². The Bertz CT molecular complexity index is 874. The number of fused-ring (bicyclic) bond motifs is 5. The summed E-state index contributed by atoms with van der Waals surface area (Å²) in [4.78, 5) is 42.9. The first-order valence-corrected chi connectivity index (χ1v) is 10.9. The van der Waals surface area contributed by atoms with Crippen molar-refractivity contribution >= 4 is 47.7 Å². The molecule has 0 radical (unpaired) electrons. The summed E-state index contributed by atoms with van der Waals surface area (Å²) in [5.41, 5.74) is 1.17. The van der Waals surface area contributed by atoms with Gasteiger partial charge in [0.25, 0.3) is 0 Å². The number of hydrogen-bond acceptors (Lipinski definition) is 4. The molecule has 2 fully saturated rings. The van der Waals surface area contributed by atoms with E-state index in [4.69, 9.17) is 0 Å². The van der Waals surface area contributed by atoms with Crippen LogP contribution in [0, 0.1) is 23.7 Å². The number of benzene rings is 1. The zero-order valence-corrected chi connectivity index (χ0v) is 20.5. The highest BCUT2D eigenvalue weighted by Gasteiger charge is 2.58. The summed E-state index contributed by atoms with van der Waals surface area (Å²) in [7, 11) is 1.61. The van der Waals surface area contributed by atoms with Gasteiger partial charge in [0.2, 0.25) is 17.7 Å². The minimum atomic E-state index is -0.167. The van der Waals surface area contributed by atoms with E-state index in [0.29, 0.717) is 25.6 Å². The fourth-order valence-electron chi connectivity index (χ4n) is 4.91. The Morgan fingerprint density at radius 2 is 1.66 bits per heavy atom. The predicted molar refractivity (Wildman–Crippen MR) is 132 cm³/mol. The van der Waals surface area contributed by atoms with E-state index in [1.165, 1.54) is 10.5 Å². The number of nitrogens with one attached hydrogen (secondary N) is 3. The minimum absolute atomic E-state index is 0. The van der Waals surface area contributed by atoms with Crippen LogP contribution in [0.25, 0.3) is 0 Å². The second-order valence-corrected chi connectivity index (χ2v) is 8.27. The molecule has 4 unspecified atom stereocenters. The molecule has 1 aromatic carbocycles. The molecule has 2 aliphatic carbocycles. The van der Waals surface area contributed by atoms with Gasteiger partial charge in [-0.3, -0.25) is 24.3 Å². The Labute approximate surface area is 205 Å². The van der Waals surface area contributed by atoms with Crippen molar-refractivity contribution in [2.45, 2.75) is 12.8 Å². The van der Waals surface area contributed by atoms with Gasteiger partial charge in [-0.05, 0) is 30.2 Å². The van der Waals surface area contributed by atoms with Gasteiger partial charge in [0.15, 0.2) is 5.96 Å². The number of carbonyl (C=O) groups is 3. The lowest BCUT2D eigenvalue weighted by molar-refractivity contribution is -0.140. The Morgan fingerprint density at radius 3 is 2.28 bits per heavy atom. The third-order valence-corrected chi connectivity index (χ3v) is 6.41. The molecule has 1 saturated carbocycles. The van der Waals surface area contributed by atoms with Crippen LogP contribution in [0.5, 0.6) is 0 Å². The Balaban J connectivity index is 0.00000289. The first-order chi connectivity index (χ1) is 15.1. The molecule has 4 rings (SSSR count). The van der Waals surface area contributed by atoms with E-state index in [1.54, 1.807) is 7.05 Å². The van der Waals surface area contributed by atoms with E-state index >= 15 is 0 Å². The maximum absolute atomic E-state index is 12.7. The van der Waals surface area contributed by atoms with Crippen LogP contribution in [0.1, 0.15) is 12.0 Å². The van der Waals surface area contributed by atoms with Crippen LogP contribution >= 0.6 is 24.0 Å². The summed E-state index contributed by atoms with van der Waals surface area (Å²) < 4.78 is 0. The molecule has 0 aromatic heterocycles. The average Bonchev–Trinajstić information content (AvgIpc) is 3.46. The van der Waals surface area contributed by atoms with Crippen LogP contribution in [0.2, 0.25) is 0 Å². The first-order valence-electron chi connectivity index (χ1n) is 10.9. The van der Waals surface area contributed by atoms with Crippen LogP contribution in [0.3, 0.4) is 0 Å². The molecule has 3 amide bonds. The van der Waals surface area contributed by atoms with Crippen molar-refractivity contribution in [1.82, 2.24) is 20.9 Å². The summed E-state index contributed by atoms with van der Waals surface area (Å²) in [5, 5.41) is 8.91. The maximum atomic E-state index is 12.7. The number of amides is 3. The van der Waals surface area contributed by atoms with E-state index in [0.717, 1.165) is 12.8 Å². The van der Waals surface area contributed by atoms with Crippen molar-refractivity contribution < 1.29 is 14.4 Å². The minimum Gasteiger partial charge on any atom is -0.355 e. The molecule has 1 saturated heterocycles. The molecule has 1 aliphatic heterocycles. The van der Waals surface area contributed by atoms with Crippen LogP contribution in [0.15, 0.2) is 47.5 Å². The second-order valence-electron chi connectivity index (χ2n) is 8.27. The number of hydrogen-bond donors (Lipinski definition) is 3. The van der Waals surface area contributed by atoms with Crippen molar-refractivity contribution in [1.29, 1.82) is 0 Å². The van der Waals surface area contributed by atoms with Gasteiger partial charge in [-0.25, -0.2) is 0 Å². The lowest BCUT2D eigenvalue weighted by Gasteiger charge is -2.18. The molecular weight excluding hydrogens is 521 g/mol. The molecule has 8 nitrogen and oxygen atoms in total. The van der Waals surface area contributed by atoms with Crippen molar-refractivity contribution in [3.8, 4) is 0 Å².